The minimum absolute atomic E-state index is 0.0916. The smallest absolute Gasteiger partial charge is 0.176 e. The van der Waals surface area contributed by atoms with Crippen molar-refractivity contribution in [3.63, 3.8) is 0 Å². The number of aryl methyl sites for hydroxylation is 2. The summed E-state index contributed by atoms with van der Waals surface area (Å²) in [5.41, 5.74) is 5.09. The lowest BCUT2D eigenvalue weighted by atomic mass is 9.89. The molecule has 2 nitrogen and oxygen atoms in total. The molecule has 1 atom stereocenters. The highest BCUT2D eigenvalue weighted by atomic mass is 79.9. The van der Waals surface area contributed by atoms with Gasteiger partial charge >= 0.3 is 0 Å². The van der Waals surface area contributed by atoms with Crippen LogP contribution in [-0.2, 0) is 12.8 Å². The molecular weight excluding hydrogens is 290 g/mol. The molecule has 96 valence electrons. The molecule has 0 saturated carbocycles. The van der Waals surface area contributed by atoms with Crippen molar-refractivity contribution in [1.82, 2.24) is 0 Å². The molecule has 0 radical (unpaired) electrons. The molecule has 0 fully saturated rings. The van der Waals surface area contributed by atoms with E-state index in [1.807, 2.05) is 6.92 Å². The average molecular weight is 308 g/mol. The van der Waals surface area contributed by atoms with Gasteiger partial charge in [0, 0.05) is 24.3 Å². The van der Waals surface area contributed by atoms with E-state index in [2.05, 4.69) is 33.0 Å². The molecule has 2 aliphatic heterocycles. The third kappa shape index (κ3) is 1.99. The van der Waals surface area contributed by atoms with Crippen LogP contribution in [0.4, 0.5) is 5.69 Å². The van der Waals surface area contributed by atoms with Crippen LogP contribution < -0.4 is 4.90 Å². The lowest BCUT2D eigenvalue weighted by Crippen LogP contribution is -2.34. The standard InChI is InChI=1S/C15H18BrNO/c1-10(16)15(18)13-8-11-4-2-6-17-7-3-5-12(9-13)14(11)17/h8-10H,2-7H2,1H3. The number of Topliss-reactive ketones (excluding diaryl/α,β-unsaturated/α-hetero) is 1. The highest BCUT2D eigenvalue weighted by Gasteiger charge is 2.25. The zero-order valence-electron chi connectivity index (χ0n) is 10.7. The molecule has 2 heterocycles. The molecule has 0 saturated heterocycles. The Kier molecular flexibility index (Phi) is 3.18. The quantitative estimate of drug-likeness (QED) is 0.617. The first-order valence-corrected chi connectivity index (χ1v) is 7.67. The Morgan fingerprint density at radius 2 is 1.78 bits per heavy atom. The van der Waals surface area contributed by atoms with Crippen LogP contribution in [0.2, 0.25) is 0 Å². The molecule has 0 bridgehead atoms. The number of nitrogens with zero attached hydrogens (tertiary/aromatic N) is 1. The predicted molar refractivity (Wildman–Crippen MR) is 78.0 cm³/mol. The summed E-state index contributed by atoms with van der Waals surface area (Å²) in [7, 11) is 0. The topological polar surface area (TPSA) is 20.3 Å². The summed E-state index contributed by atoms with van der Waals surface area (Å²) in [4.78, 5) is 14.5. The number of hydrogen-bond donors (Lipinski definition) is 0. The fraction of sp³-hybridized carbons (Fsp3) is 0.533. The lowest BCUT2D eigenvalue weighted by Gasteiger charge is -2.37. The molecular formula is C15H18BrNO. The van der Waals surface area contributed by atoms with E-state index < -0.39 is 0 Å². The van der Waals surface area contributed by atoms with Gasteiger partial charge in [-0.25, -0.2) is 0 Å². The molecule has 3 heteroatoms. The van der Waals surface area contributed by atoms with Gasteiger partial charge in [-0.1, -0.05) is 15.9 Å². The Hall–Kier alpha value is -0.830. The number of anilines is 1. The molecule has 0 N–H and O–H groups in total. The Labute approximate surface area is 116 Å². The Morgan fingerprint density at radius 3 is 2.28 bits per heavy atom. The fourth-order valence-electron chi connectivity index (χ4n) is 3.18. The van der Waals surface area contributed by atoms with Crippen molar-refractivity contribution in [3.8, 4) is 0 Å². The highest BCUT2D eigenvalue weighted by Crippen LogP contribution is 2.36. The second kappa shape index (κ2) is 4.69. The van der Waals surface area contributed by atoms with Crippen LogP contribution >= 0.6 is 15.9 Å². The number of alkyl halides is 1. The summed E-state index contributed by atoms with van der Waals surface area (Å²) >= 11 is 3.38. The van der Waals surface area contributed by atoms with Crippen molar-refractivity contribution in [1.29, 1.82) is 0 Å². The summed E-state index contributed by atoms with van der Waals surface area (Å²) < 4.78 is 0. The summed E-state index contributed by atoms with van der Waals surface area (Å²) in [5, 5.41) is 0. The van der Waals surface area contributed by atoms with E-state index in [0.717, 1.165) is 18.4 Å². The minimum Gasteiger partial charge on any atom is -0.371 e. The maximum Gasteiger partial charge on any atom is 0.176 e. The molecule has 18 heavy (non-hydrogen) atoms. The Bertz CT molecular complexity index is 464. The van der Waals surface area contributed by atoms with Gasteiger partial charge in [0.1, 0.15) is 0 Å². The van der Waals surface area contributed by atoms with Crippen molar-refractivity contribution in [2.24, 2.45) is 0 Å². The molecule has 1 aromatic carbocycles. The van der Waals surface area contributed by atoms with Crippen LogP contribution in [0.15, 0.2) is 12.1 Å². The normalized spacial score (nSPS) is 19.3. The molecule has 3 rings (SSSR count). The van der Waals surface area contributed by atoms with Crippen molar-refractivity contribution in [2.45, 2.75) is 37.4 Å². The zero-order chi connectivity index (χ0) is 12.7. The fourth-order valence-corrected chi connectivity index (χ4v) is 3.44. The Balaban J connectivity index is 2.09. The number of benzene rings is 1. The summed E-state index contributed by atoms with van der Waals surface area (Å²) in [5.74, 6) is 0.205. The van der Waals surface area contributed by atoms with Gasteiger partial charge in [-0.2, -0.15) is 0 Å². The van der Waals surface area contributed by atoms with Gasteiger partial charge < -0.3 is 4.90 Å². The van der Waals surface area contributed by atoms with Crippen LogP contribution in [0.25, 0.3) is 0 Å². The van der Waals surface area contributed by atoms with E-state index in [1.165, 1.54) is 42.7 Å². The number of carbonyl (C=O) groups excluding carboxylic acids is 1. The number of carbonyl (C=O) groups is 1. The van der Waals surface area contributed by atoms with Crippen molar-refractivity contribution < 1.29 is 4.79 Å². The van der Waals surface area contributed by atoms with Crippen LogP contribution in [0.5, 0.6) is 0 Å². The number of hydrogen-bond acceptors (Lipinski definition) is 2. The molecule has 0 spiro atoms. The van der Waals surface area contributed by atoms with Gasteiger partial charge in [0.15, 0.2) is 5.78 Å². The maximum absolute atomic E-state index is 12.1. The zero-order valence-corrected chi connectivity index (χ0v) is 12.3. The van der Waals surface area contributed by atoms with Gasteiger partial charge in [0.05, 0.1) is 4.83 Å². The van der Waals surface area contributed by atoms with Crippen molar-refractivity contribution in [3.05, 3.63) is 28.8 Å². The highest BCUT2D eigenvalue weighted by molar-refractivity contribution is 9.10. The number of ketones is 1. The number of halogens is 1. The first-order valence-electron chi connectivity index (χ1n) is 6.76. The first kappa shape index (κ1) is 12.2. The van der Waals surface area contributed by atoms with E-state index in [0.29, 0.717) is 0 Å². The largest absolute Gasteiger partial charge is 0.371 e. The van der Waals surface area contributed by atoms with Crippen molar-refractivity contribution >= 4 is 27.4 Å². The van der Waals surface area contributed by atoms with Crippen LogP contribution in [0, 0.1) is 0 Å². The van der Waals surface area contributed by atoms with Crippen molar-refractivity contribution in [2.75, 3.05) is 18.0 Å². The van der Waals surface area contributed by atoms with E-state index in [-0.39, 0.29) is 10.6 Å². The van der Waals surface area contributed by atoms with Crippen LogP contribution in [-0.4, -0.2) is 23.7 Å². The van der Waals surface area contributed by atoms with E-state index >= 15 is 0 Å². The lowest BCUT2D eigenvalue weighted by molar-refractivity contribution is 0.0995. The maximum atomic E-state index is 12.1. The molecule has 0 amide bonds. The van der Waals surface area contributed by atoms with Gasteiger partial charge in [-0.3, -0.25) is 4.79 Å². The third-order valence-corrected chi connectivity index (χ3v) is 4.39. The van der Waals surface area contributed by atoms with Gasteiger partial charge in [0.25, 0.3) is 0 Å². The summed E-state index contributed by atoms with van der Waals surface area (Å²) in [6, 6.07) is 4.24. The van der Waals surface area contributed by atoms with E-state index in [4.69, 9.17) is 0 Å². The van der Waals surface area contributed by atoms with E-state index in [9.17, 15) is 4.79 Å². The van der Waals surface area contributed by atoms with E-state index in [1.54, 1.807) is 0 Å². The number of rotatable bonds is 2. The average Bonchev–Trinajstić information content (AvgIpc) is 2.38. The van der Waals surface area contributed by atoms with Gasteiger partial charge in [-0.05, 0) is 55.9 Å². The third-order valence-electron chi connectivity index (χ3n) is 3.98. The Morgan fingerprint density at radius 1 is 1.22 bits per heavy atom. The van der Waals surface area contributed by atoms with Gasteiger partial charge in [0.2, 0.25) is 0 Å². The minimum atomic E-state index is -0.0916. The molecule has 0 aromatic heterocycles. The molecule has 0 aliphatic carbocycles. The monoisotopic (exact) mass is 307 g/mol. The summed E-state index contributed by atoms with van der Waals surface area (Å²) in [6.45, 7) is 4.27. The van der Waals surface area contributed by atoms with Gasteiger partial charge in [-0.15, -0.1) is 0 Å². The molecule has 1 unspecified atom stereocenters. The second-order valence-electron chi connectivity index (χ2n) is 5.32. The summed E-state index contributed by atoms with van der Waals surface area (Å²) in [6.07, 6.45) is 4.68. The molecule has 2 aliphatic rings. The molecule has 1 aromatic rings. The predicted octanol–water partition coefficient (Wildman–Crippen LogP) is 3.35. The first-order chi connectivity index (χ1) is 8.66. The van der Waals surface area contributed by atoms with Crippen LogP contribution in [0.1, 0.15) is 41.3 Å². The van der Waals surface area contributed by atoms with Crippen LogP contribution in [0.3, 0.4) is 0 Å². The second-order valence-corrected chi connectivity index (χ2v) is 6.69. The SMILES string of the molecule is CC(Br)C(=O)c1cc2c3c(c1)CCCN3CCC2.